The standard InChI is InChI=1S/C11H9Cl2F3O/c12-7-3-6-1-2-17-10(6)8(4-7)9(13)5-11(14,15)16/h3-4,9H,1-2,5H2. The van der Waals surface area contributed by atoms with Gasteiger partial charge < -0.3 is 4.74 Å². The maximum atomic E-state index is 12.3. The lowest BCUT2D eigenvalue weighted by Crippen LogP contribution is -2.11. The van der Waals surface area contributed by atoms with Crippen molar-refractivity contribution >= 4 is 23.2 Å². The molecule has 1 nitrogen and oxygen atoms in total. The van der Waals surface area contributed by atoms with E-state index in [0.717, 1.165) is 5.56 Å². The Kier molecular flexibility index (Phi) is 3.46. The van der Waals surface area contributed by atoms with Crippen LogP contribution < -0.4 is 4.74 Å². The lowest BCUT2D eigenvalue weighted by Gasteiger charge is -2.16. The van der Waals surface area contributed by atoms with Crippen LogP contribution >= 0.6 is 23.2 Å². The molecule has 1 aliphatic rings. The molecule has 1 aliphatic heterocycles. The summed E-state index contributed by atoms with van der Waals surface area (Å²) in [5.41, 5.74) is 1.14. The molecule has 0 bridgehead atoms. The first-order valence-electron chi connectivity index (χ1n) is 5.03. The van der Waals surface area contributed by atoms with E-state index >= 15 is 0 Å². The number of ether oxygens (including phenoxy) is 1. The molecule has 6 heteroatoms. The van der Waals surface area contributed by atoms with Crippen LogP contribution in [0.2, 0.25) is 5.02 Å². The number of hydrogen-bond acceptors (Lipinski definition) is 1. The Morgan fingerprint density at radius 3 is 2.71 bits per heavy atom. The van der Waals surface area contributed by atoms with Gasteiger partial charge in [-0.2, -0.15) is 13.2 Å². The summed E-state index contributed by atoms with van der Waals surface area (Å²) >= 11 is 11.6. The number of hydrogen-bond donors (Lipinski definition) is 0. The van der Waals surface area contributed by atoms with Crippen LogP contribution in [0, 0.1) is 0 Å². The molecule has 17 heavy (non-hydrogen) atoms. The zero-order chi connectivity index (χ0) is 12.6. The lowest BCUT2D eigenvalue weighted by molar-refractivity contribution is -0.134. The topological polar surface area (TPSA) is 9.23 Å². The van der Waals surface area contributed by atoms with E-state index in [-0.39, 0.29) is 0 Å². The zero-order valence-electron chi connectivity index (χ0n) is 8.65. The second kappa shape index (κ2) is 4.58. The van der Waals surface area contributed by atoms with E-state index in [9.17, 15) is 13.2 Å². The van der Waals surface area contributed by atoms with E-state index in [1.807, 2.05) is 0 Å². The minimum absolute atomic E-state index is 0.323. The SMILES string of the molecule is FC(F)(F)CC(Cl)c1cc(Cl)cc2c1OCC2. The van der Waals surface area contributed by atoms with Crippen LogP contribution in [-0.2, 0) is 6.42 Å². The van der Waals surface area contributed by atoms with Crippen LogP contribution in [0.25, 0.3) is 0 Å². The van der Waals surface area contributed by atoms with Crippen LogP contribution in [0.4, 0.5) is 13.2 Å². The molecule has 0 amide bonds. The summed E-state index contributed by atoms with van der Waals surface area (Å²) in [6.45, 7) is 0.457. The molecule has 0 aromatic heterocycles. The third-order valence-electron chi connectivity index (χ3n) is 2.53. The molecule has 0 spiro atoms. The highest BCUT2D eigenvalue weighted by Crippen LogP contribution is 2.42. The first-order chi connectivity index (χ1) is 7.87. The van der Waals surface area contributed by atoms with Gasteiger partial charge in [0.05, 0.1) is 18.4 Å². The summed E-state index contributed by atoms with van der Waals surface area (Å²) in [5, 5.41) is -0.780. The maximum Gasteiger partial charge on any atom is 0.390 e. The summed E-state index contributed by atoms with van der Waals surface area (Å²) < 4.78 is 42.2. The fraction of sp³-hybridized carbons (Fsp3) is 0.455. The Bertz CT molecular complexity index is 431. The molecule has 94 valence electrons. The van der Waals surface area contributed by atoms with Crippen molar-refractivity contribution in [1.29, 1.82) is 0 Å². The Hall–Kier alpha value is -0.610. The molecule has 0 fully saturated rings. The Morgan fingerprint density at radius 1 is 1.35 bits per heavy atom. The van der Waals surface area contributed by atoms with Crippen LogP contribution in [0.5, 0.6) is 5.75 Å². The van der Waals surface area contributed by atoms with Gasteiger partial charge in [0.1, 0.15) is 5.75 Å². The molecule has 0 radical (unpaired) electrons. The van der Waals surface area contributed by atoms with Crippen LogP contribution in [0.3, 0.4) is 0 Å². The highest BCUT2D eigenvalue weighted by atomic mass is 35.5. The first kappa shape index (κ1) is 12.8. The van der Waals surface area contributed by atoms with Crippen LogP contribution in [0.1, 0.15) is 22.9 Å². The van der Waals surface area contributed by atoms with E-state index in [2.05, 4.69) is 0 Å². The molecule has 1 aromatic carbocycles. The van der Waals surface area contributed by atoms with Crippen molar-refractivity contribution < 1.29 is 17.9 Å². The van der Waals surface area contributed by atoms with E-state index < -0.39 is 18.0 Å². The van der Waals surface area contributed by atoms with Crippen molar-refractivity contribution in [3.8, 4) is 5.75 Å². The van der Waals surface area contributed by atoms with Crippen molar-refractivity contribution in [2.75, 3.05) is 6.61 Å². The van der Waals surface area contributed by atoms with Gasteiger partial charge in [0.2, 0.25) is 0 Å². The molecule has 0 N–H and O–H groups in total. The maximum absolute atomic E-state index is 12.3. The fourth-order valence-corrected chi connectivity index (χ4v) is 2.43. The first-order valence-corrected chi connectivity index (χ1v) is 5.84. The predicted octanol–water partition coefficient (Wildman–Crippen LogP) is 4.51. The number of benzene rings is 1. The minimum atomic E-state index is -4.31. The summed E-state index contributed by atoms with van der Waals surface area (Å²) in [6, 6.07) is 3.14. The van der Waals surface area contributed by atoms with Crippen molar-refractivity contribution in [1.82, 2.24) is 0 Å². The second-order valence-electron chi connectivity index (χ2n) is 3.87. The number of fused-ring (bicyclic) bond motifs is 1. The Morgan fingerprint density at radius 2 is 2.06 bits per heavy atom. The number of rotatable bonds is 2. The number of alkyl halides is 4. The van der Waals surface area contributed by atoms with Crippen molar-refractivity contribution in [3.05, 3.63) is 28.3 Å². The molecule has 0 saturated carbocycles. The van der Waals surface area contributed by atoms with E-state index in [4.69, 9.17) is 27.9 Å². The smallest absolute Gasteiger partial charge is 0.390 e. The summed E-state index contributed by atoms with van der Waals surface area (Å²) in [4.78, 5) is 0. The molecule has 2 rings (SSSR count). The second-order valence-corrected chi connectivity index (χ2v) is 4.83. The van der Waals surface area contributed by atoms with Crippen molar-refractivity contribution in [2.45, 2.75) is 24.4 Å². The lowest BCUT2D eigenvalue weighted by atomic mass is 10.0. The Balaban J connectivity index is 2.32. The number of halogens is 5. The monoisotopic (exact) mass is 284 g/mol. The third kappa shape index (κ3) is 2.99. The summed E-state index contributed by atoms with van der Waals surface area (Å²) in [6.07, 6.45) is -4.75. The van der Waals surface area contributed by atoms with Gasteiger partial charge in [0, 0.05) is 17.0 Å². The van der Waals surface area contributed by atoms with Gasteiger partial charge in [-0.3, -0.25) is 0 Å². The summed E-state index contributed by atoms with van der Waals surface area (Å²) in [5.74, 6) is 0.457. The molecule has 1 atom stereocenters. The largest absolute Gasteiger partial charge is 0.493 e. The molecule has 0 saturated heterocycles. The fourth-order valence-electron chi connectivity index (χ4n) is 1.84. The van der Waals surface area contributed by atoms with Gasteiger partial charge in [0.25, 0.3) is 0 Å². The third-order valence-corrected chi connectivity index (χ3v) is 3.13. The van der Waals surface area contributed by atoms with E-state index in [1.165, 1.54) is 6.07 Å². The van der Waals surface area contributed by atoms with Gasteiger partial charge >= 0.3 is 6.18 Å². The van der Waals surface area contributed by atoms with Gasteiger partial charge in [-0.05, 0) is 17.7 Å². The summed E-state index contributed by atoms with van der Waals surface area (Å²) in [7, 11) is 0. The molecule has 1 heterocycles. The van der Waals surface area contributed by atoms with Gasteiger partial charge in [0.15, 0.2) is 0 Å². The molecule has 0 aliphatic carbocycles. The quantitative estimate of drug-likeness (QED) is 0.726. The van der Waals surface area contributed by atoms with Crippen molar-refractivity contribution in [2.24, 2.45) is 0 Å². The molecule has 1 unspecified atom stereocenters. The van der Waals surface area contributed by atoms with Crippen molar-refractivity contribution in [3.63, 3.8) is 0 Å². The van der Waals surface area contributed by atoms with Gasteiger partial charge in [-0.1, -0.05) is 11.6 Å². The molecule has 1 aromatic rings. The highest BCUT2D eigenvalue weighted by Gasteiger charge is 2.34. The van der Waals surface area contributed by atoms with Crippen LogP contribution in [0.15, 0.2) is 12.1 Å². The van der Waals surface area contributed by atoms with Crippen LogP contribution in [-0.4, -0.2) is 12.8 Å². The van der Waals surface area contributed by atoms with E-state index in [0.29, 0.717) is 29.4 Å². The molecular weight excluding hydrogens is 276 g/mol. The predicted molar refractivity (Wildman–Crippen MR) is 59.9 cm³/mol. The minimum Gasteiger partial charge on any atom is -0.493 e. The van der Waals surface area contributed by atoms with E-state index in [1.54, 1.807) is 6.07 Å². The van der Waals surface area contributed by atoms with Gasteiger partial charge in [-0.15, -0.1) is 11.6 Å². The molecular formula is C11H9Cl2F3O. The average molecular weight is 285 g/mol. The Labute approximate surface area is 106 Å². The average Bonchev–Trinajstić information content (AvgIpc) is 2.60. The normalized spacial score (nSPS) is 16.5. The highest BCUT2D eigenvalue weighted by molar-refractivity contribution is 6.31. The zero-order valence-corrected chi connectivity index (χ0v) is 10.2. The van der Waals surface area contributed by atoms with Gasteiger partial charge in [-0.25, -0.2) is 0 Å².